The van der Waals surface area contributed by atoms with Crippen LogP contribution in [0.4, 0.5) is 0 Å². The molecule has 1 amide bonds. The highest BCUT2D eigenvalue weighted by molar-refractivity contribution is 7.80. The maximum absolute atomic E-state index is 11.5. The number of benzene rings is 1. The average Bonchev–Trinajstić information content (AvgIpc) is 2.70. The summed E-state index contributed by atoms with van der Waals surface area (Å²) in [5.41, 5.74) is 0.759. The molecule has 1 aromatic rings. The molecule has 19 heavy (non-hydrogen) atoms. The molecular formula is C13H13NO4S. The zero-order chi connectivity index (χ0) is 13.8. The quantitative estimate of drug-likeness (QED) is 0.673. The van der Waals surface area contributed by atoms with E-state index in [0.717, 1.165) is 5.56 Å². The molecule has 6 heteroatoms. The van der Waals surface area contributed by atoms with E-state index in [-0.39, 0.29) is 16.8 Å². The summed E-state index contributed by atoms with van der Waals surface area (Å²) in [4.78, 5) is 11.5. The summed E-state index contributed by atoms with van der Waals surface area (Å²) in [7, 11) is 1.56. The highest BCUT2D eigenvalue weighted by atomic mass is 32.1. The molecule has 0 saturated carbocycles. The third-order valence-corrected chi connectivity index (χ3v) is 2.61. The second-order valence-corrected chi connectivity index (χ2v) is 4.07. The summed E-state index contributed by atoms with van der Waals surface area (Å²) in [6.45, 7) is 2.45. The summed E-state index contributed by atoms with van der Waals surface area (Å²) in [6, 6.07) is 5.34. The van der Waals surface area contributed by atoms with Gasteiger partial charge in [0, 0.05) is 0 Å². The molecule has 1 aliphatic rings. The smallest absolute Gasteiger partial charge is 0.294 e. The van der Waals surface area contributed by atoms with Crippen LogP contribution in [0.15, 0.2) is 24.0 Å². The van der Waals surface area contributed by atoms with Crippen LogP contribution < -0.4 is 14.8 Å². The fraction of sp³-hybridized carbons (Fsp3) is 0.231. The van der Waals surface area contributed by atoms with Crippen molar-refractivity contribution in [3.05, 3.63) is 29.5 Å². The van der Waals surface area contributed by atoms with Gasteiger partial charge in [0.1, 0.15) is 0 Å². The van der Waals surface area contributed by atoms with Gasteiger partial charge in [-0.05, 0) is 42.9 Å². The minimum absolute atomic E-state index is 0.0640. The van der Waals surface area contributed by atoms with Crippen molar-refractivity contribution in [2.45, 2.75) is 6.92 Å². The normalized spacial score (nSPS) is 16.2. The molecule has 0 bridgehead atoms. The number of thiocarbonyl (C=S) groups is 1. The number of carbonyl (C=O) groups is 1. The van der Waals surface area contributed by atoms with Crippen LogP contribution in [0.5, 0.6) is 11.5 Å². The predicted octanol–water partition coefficient (Wildman–Crippen LogP) is 1.87. The number of methoxy groups -OCH3 is 1. The van der Waals surface area contributed by atoms with E-state index in [4.69, 9.17) is 26.4 Å². The highest BCUT2D eigenvalue weighted by Crippen LogP contribution is 2.29. The van der Waals surface area contributed by atoms with E-state index in [1.54, 1.807) is 31.4 Å². The monoisotopic (exact) mass is 279 g/mol. The standard InChI is InChI=1S/C13H13NO4S/c1-3-17-9-5-4-8(6-10(9)16-2)7-11-12(15)14-13(19)18-11/h4-7H,3H2,1-2H3,(H,14,15,19)/b11-7+. The lowest BCUT2D eigenvalue weighted by Crippen LogP contribution is -2.18. The Bertz CT molecular complexity index is 554. The maximum atomic E-state index is 11.5. The Morgan fingerprint density at radius 1 is 1.42 bits per heavy atom. The van der Waals surface area contributed by atoms with Crippen molar-refractivity contribution in [3.8, 4) is 11.5 Å². The van der Waals surface area contributed by atoms with Crippen LogP contribution in [-0.2, 0) is 9.53 Å². The molecule has 1 fully saturated rings. The molecule has 0 aromatic heterocycles. The van der Waals surface area contributed by atoms with Crippen molar-refractivity contribution >= 4 is 29.4 Å². The van der Waals surface area contributed by atoms with Gasteiger partial charge in [-0.1, -0.05) is 6.07 Å². The Hall–Kier alpha value is -2.08. The van der Waals surface area contributed by atoms with Crippen LogP contribution in [0.1, 0.15) is 12.5 Å². The molecule has 1 heterocycles. The van der Waals surface area contributed by atoms with E-state index in [2.05, 4.69) is 5.32 Å². The molecule has 0 atom stereocenters. The van der Waals surface area contributed by atoms with Crippen LogP contribution in [0.3, 0.4) is 0 Å². The number of hydrogen-bond donors (Lipinski definition) is 1. The molecule has 0 unspecified atom stereocenters. The summed E-state index contributed by atoms with van der Waals surface area (Å²) in [6.07, 6.45) is 1.59. The van der Waals surface area contributed by atoms with Crippen molar-refractivity contribution in [2.24, 2.45) is 0 Å². The fourth-order valence-corrected chi connectivity index (χ4v) is 1.80. The minimum Gasteiger partial charge on any atom is -0.493 e. The summed E-state index contributed by atoms with van der Waals surface area (Å²) in [5.74, 6) is 1.06. The first-order valence-corrected chi connectivity index (χ1v) is 6.10. The SMILES string of the molecule is CCOc1ccc(/C=C2/OC(=S)NC2=O)cc1OC. The molecule has 1 aliphatic heterocycles. The Balaban J connectivity index is 2.29. The third kappa shape index (κ3) is 3.03. The number of ether oxygens (including phenoxy) is 3. The second-order valence-electron chi connectivity index (χ2n) is 3.70. The first kappa shape index (κ1) is 13.4. The lowest BCUT2D eigenvalue weighted by atomic mass is 10.1. The number of rotatable bonds is 4. The van der Waals surface area contributed by atoms with Gasteiger partial charge >= 0.3 is 0 Å². The zero-order valence-corrected chi connectivity index (χ0v) is 11.4. The molecule has 1 saturated heterocycles. The number of nitrogens with one attached hydrogen (secondary N) is 1. The van der Waals surface area contributed by atoms with Gasteiger partial charge in [0.15, 0.2) is 17.3 Å². The molecule has 1 N–H and O–H groups in total. The number of carbonyl (C=O) groups excluding carboxylic acids is 1. The van der Waals surface area contributed by atoms with E-state index in [1.807, 2.05) is 6.92 Å². The van der Waals surface area contributed by atoms with Crippen LogP contribution in [-0.4, -0.2) is 24.8 Å². The molecule has 1 aromatic carbocycles. The Morgan fingerprint density at radius 2 is 2.21 bits per heavy atom. The first-order valence-electron chi connectivity index (χ1n) is 5.69. The van der Waals surface area contributed by atoms with Crippen LogP contribution in [0.2, 0.25) is 0 Å². The van der Waals surface area contributed by atoms with E-state index < -0.39 is 0 Å². The van der Waals surface area contributed by atoms with Crippen LogP contribution in [0.25, 0.3) is 6.08 Å². The summed E-state index contributed by atoms with van der Waals surface area (Å²) in [5, 5.41) is 2.46. The van der Waals surface area contributed by atoms with Gasteiger partial charge in [-0.3, -0.25) is 10.1 Å². The summed E-state index contributed by atoms with van der Waals surface area (Å²) >= 11 is 4.75. The van der Waals surface area contributed by atoms with Gasteiger partial charge in [-0.25, -0.2) is 0 Å². The van der Waals surface area contributed by atoms with E-state index in [0.29, 0.717) is 18.1 Å². The van der Waals surface area contributed by atoms with Gasteiger partial charge in [0.2, 0.25) is 0 Å². The first-order chi connectivity index (χ1) is 9.13. The van der Waals surface area contributed by atoms with E-state index in [1.165, 1.54) is 0 Å². The third-order valence-electron chi connectivity index (χ3n) is 2.43. The lowest BCUT2D eigenvalue weighted by Gasteiger charge is -2.09. The van der Waals surface area contributed by atoms with Gasteiger partial charge in [-0.15, -0.1) is 0 Å². The van der Waals surface area contributed by atoms with Gasteiger partial charge in [-0.2, -0.15) is 0 Å². The Morgan fingerprint density at radius 3 is 2.79 bits per heavy atom. The molecule has 5 nitrogen and oxygen atoms in total. The fourth-order valence-electron chi connectivity index (χ4n) is 1.62. The molecular weight excluding hydrogens is 266 g/mol. The molecule has 2 rings (SSSR count). The second kappa shape index (κ2) is 5.71. The lowest BCUT2D eigenvalue weighted by molar-refractivity contribution is -0.116. The van der Waals surface area contributed by atoms with E-state index in [9.17, 15) is 4.79 Å². The van der Waals surface area contributed by atoms with Crippen molar-refractivity contribution in [3.63, 3.8) is 0 Å². The van der Waals surface area contributed by atoms with Gasteiger partial charge in [0.25, 0.3) is 11.1 Å². The largest absolute Gasteiger partial charge is 0.493 e. The minimum atomic E-state index is -0.349. The average molecular weight is 279 g/mol. The zero-order valence-electron chi connectivity index (χ0n) is 10.6. The van der Waals surface area contributed by atoms with Gasteiger partial charge < -0.3 is 14.2 Å². The van der Waals surface area contributed by atoms with E-state index >= 15 is 0 Å². The highest BCUT2D eigenvalue weighted by Gasteiger charge is 2.23. The predicted molar refractivity (Wildman–Crippen MR) is 74.0 cm³/mol. The molecule has 0 radical (unpaired) electrons. The molecule has 0 spiro atoms. The Labute approximate surface area is 116 Å². The van der Waals surface area contributed by atoms with Crippen LogP contribution in [0, 0.1) is 0 Å². The van der Waals surface area contributed by atoms with Crippen molar-refractivity contribution in [2.75, 3.05) is 13.7 Å². The summed E-state index contributed by atoms with van der Waals surface area (Å²) < 4.78 is 15.7. The Kier molecular flexibility index (Phi) is 4.01. The number of amides is 1. The number of hydrogen-bond acceptors (Lipinski definition) is 5. The molecule has 0 aliphatic carbocycles. The maximum Gasteiger partial charge on any atom is 0.294 e. The topological polar surface area (TPSA) is 56.8 Å². The van der Waals surface area contributed by atoms with Crippen LogP contribution >= 0.6 is 12.2 Å². The van der Waals surface area contributed by atoms with Crippen molar-refractivity contribution < 1.29 is 19.0 Å². The van der Waals surface area contributed by atoms with Crippen molar-refractivity contribution in [1.82, 2.24) is 5.32 Å². The molecule has 100 valence electrons. The van der Waals surface area contributed by atoms with Gasteiger partial charge in [0.05, 0.1) is 13.7 Å². The van der Waals surface area contributed by atoms with Crippen molar-refractivity contribution in [1.29, 1.82) is 0 Å².